The van der Waals surface area contributed by atoms with Crippen molar-refractivity contribution in [2.75, 3.05) is 7.05 Å². The van der Waals surface area contributed by atoms with Crippen LogP contribution in [0.25, 0.3) is 5.69 Å². The number of hydrazine groups is 1. The van der Waals surface area contributed by atoms with Crippen LogP contribution in [0.3, 0.4) is 0 Å². The molecule has 0 fully saturated rings. The third-order valence-corrected chi connectivity index (χ3v) is 4.48. The van der Waals surface area contributed by atoms with Crippen LogP contribution in [0.5, 0.6) is 5.06 Å². The standard InChI is InChI=1S/C18H15N3O4S/c1-20(18(25)14-9-10-16(23)26-14)19-17(24)12-5-7-13(8-6-12)21-11-3-2-4-15(21)22/h2-11,23H,1H3,(H,19,24). The van der Waals surface area contributed by atoms with E-state index in [1.54, 1.807) is 42.6 Å². The van der Waals surface area contributed by atoms with Gasteiger partial charge in [0.05, 0.1) is 4.88 Å². The lowest BCUT2D eigenvalue weighted by Crippen LogP contribution is -2.43. The van der Waals surface area contributed by atoms with Crippen LogP contribution in [-0.2, 0) is 0 Å². The largest absolute Gasteiger partial charge is 0.499 e. The minimum atomic E-state index is -0.464. The summed E-state index contributed by atoms with van der Waals surface area (Å²) >= 11 is 0.929. The lowest BCUT2D eigenvalue weighted by atomic mass is 10.2. The summed E-state index contributed by atoms with van der Waals surface area (Å²) in [6.07, 6.45) is 1.64. The highest BCUT2D eigenvalue weighted by molar-refractivity contribution is 7.15. The number of aromatic nitrogens is 1. The SMILES string of the molecule is CN(NC(=O)c1ccc(-n2ccccc2=O)cc1)C(=O)c1ccc(O)s1. The second kappa shape index (κ2) is 7.24. The zero-order valence-corrected chi connectivity index (χ0v) is 14.6. The summed E-state index contributed by atoms with van der Waals surface area (Å²) in [5.74, 6) is -0.898. The van der Waals surface area contributed by atoms with Crippen LogP contribution in [0.1, 0.15) is 20.0 Å². The predicted molar refractivity (Wildman–Crippen MR) is 97.6 cm³/mol. The molecule has 132 valence electrons. The zero-order valence-electron chi connectivity index (χ0n) is 13.7. The second-order valence-electron chi connectivity index (χ2n) is 5.40. The third kappa shape index (κ3) is 3.65. The molecule has 7 nitrogen and oxygen atoms in total. The number of amides is 2. The molecule has 2 amide bonds. The molecule has 0 saturated carbocycles. The molecule has 1 aromatic carbocycles. The number of hydrogen-bond acceptors (Lipinski definition) is 5. The van der Waals surface area contributed by atoms with Crippen molar-refractivity contribution < 1.29 is 14.7 Å². The van der Waals surface area contributed by atoms with Crippen LogP contribution in [0.2, 0.25) is 0 Å². The lowest BCUT2D eigenvalue weighted by Gasteiger charge is -2.17. The third-order valence-electron chi connectivity index (χ3n) is 3.61. The number of hydrogen-bond donors (Lipinski definition) is 2. The first-order chi connectivity index (χ1) is 12.5. The normalized spacial score (nSPS) is 10.3. The Morgan fingerprint density at radius 1 is 1.08 bits per heavy atom. The number of carbonyl (C=O) groups excluding carboxylic acids is 2. The molecule has 2 aromatic heterocycles. The van der Waals surface area contributed by atoms with Crippen molar-refractivity contribution in [1.82, 2.24) is 15.0 Å². The van der Waals surface area contributed by atoms with Gasteiger partial charge in [-0.25, -0.2) is 0 Å². The van der Waals surface area contributed by atoms with Crippen molar-refractivity contribution in [1.29, 1.82) is 0 Å². The summed E-state index contributed by atoms with van der Waals surface area (Å²) in [6, 6.07) is 14.2. The van der Waals surface area contributed by atoms with Crippen LogP contribution in [0.15, 0.2) is 65.6 Å². The Labute approximate surface area is 152 Å². The molecular weight excluding hydrogens is 354 g/mol. The van der Waals surface area contributed by atoms with Crippen molar-refractivity contribution in [3.05, 3.63) is 81.6 Å². The Bertz CT molecular complexity index is 1010. The Balaban J connectivity index is 1.71. The molecule has 3 aromatic rings. The van der Waals surface area contributed by atoms with Gasteiger partial charge >= 0.3 is 0 Å². The smallest absolute Gasteiger partial charge is 0.282 e. The molecule has 2 N–H and O–H groups in total. The first-order valence-corrected chi connectivity index (χ1v) is 8.43. The fourth-order valence-electron chi connectivity index (χ4n) is 2.29. The molecule has 0 aliphatic carbocycles. The van der Waals surface area contributed by atoms with E-state index in [0.29, 0.717) is 16.1 Å². The van der Waals surface area contributed by atoms with E-state index in [0.717, 1.165) is 16.3 Å². The van der Waals surface area contributed by atoms with E-state index < -0.39 is 11.8 Å². The molecular formula is C18H15N3O4S. The fourth-order valence-corrected chi connectivity index (χ4v) is 3.01. The molecule has 0 unspecified atom stereocenters. The Morgan fingerprint density at radius 2 is 1.81 bits per heavy atom. The molecule has 0 saturated heterocycles. The minimum absolute atomic E-state index is 0.0276. The van der Waals surface area contributed by atoms with Gasteiger partial charge in [-0.1, -0.05) is 17.4 Å². The quantitative estimate of drug-likeness (QED) is 0.691. The van der Waals surface area contributed by atoms with E-state index in [1.165, 1.54) is 29.8 Å². The fraction of sp³-hybridized carbons (Fsp3) is 0.0556. The number of nitrogens with one attached hydrogen (secondary N) is 1. The van der Waals surface area contributed by atoms with Crippen molar-refractivity contribution in [2.24, 2.45) is 0 Å². The maximum Gasteiger partial charge on any atom is 0.282 e. The van der Waals surface area contributed by atoms with Gasteiger partial charge < -0.3 is 5.11 Å². The summed E-state index contributed by atoms with van der Waals surface area (Å²) in [6.45, 7) is 0. The van der Waals surface area contributed by atoms with Gasteiger partial charge in [0.2, 0.25) is 0 Å². The zero-order chi connectivity index (χ0) is 18.7. The van der Waals surface area contributed by atoms with E-state index >= 15 is 0 Å². The van der Waals surface area contributed by atoms with Gasteiger partial charge in [-0.3, -0.25) is 29.4 Å². The number of rotatable bonds is 3. The summed E-state index contributed by atoms with van der Waals surface area (Å²) in [7, 11) is 1.43. The number of aromatic hydroxyl groups is 1. The van der Waals surface area contributed by atoms with Crippen molar-refractivity contribution in [3.63, 3.8) is 0 Å². The van der Waals surface area contributed by atoms with Gasteiger partial charge in [0.25, 0.3) is 17.4 Å². The lowest BCUT2D eigenvalue weighted by molar-refractivity contribution is 0.0640. The summed E-state index contributed by atoms with van der Waals surface area (Å²) < 4.78 is 1.46. The Morgan fingerprint density at radius 3 is 2.42 bits per heavy atom. The number of pyridine rings is 1. The molecule has 0 radical (unpaired) electrons. The molecule has 8 heteroatoms. The number of nitrogens with zero attached hydrogens (tertiary/aromatic N) is 2. The second-order valence-corrected chi connectivity index (χ2v) is 6.46. The number of benzene rings is 1. The van der Waals surface area contributed by atoms with Gasteiger partial charge in [0, 0.05) is 30.6 Å². The maximum atomic E-state index is 12.3. The molecule has 0 atom stereocenters. The number of carbonyl (C=O) groups is 2. The average Bonchev–Trinajstić information content (AvgIpc) is 3.08. The Hall–Kier alpha value is -3.39. The van der Waals surface area contributed by atoms with Crippen molar-refractivity contribution in [2.45, 2.75) is 0 Å². The van der Waals surface area contributed by atoms with Crippen LogP contribution in [0.4, 0.5) is 0 Å². The van der Waals surface area contributed by atoms with E-state index in [4.69, 9.17) is 0 Å². The van der Waals surface area contributed by atoms with Crippen LogP contribution >= 0.6 is 11.3 Å². The van der Waals surface area contributed by atoms with Gasteiger partial charge in [0.1, 0.15) is 0 Å². The first kappa shape index (κ1) is 17.4. The van der Waals surface area contributed by atoms with E-state index in [9.17, 15) is 19.5 Å². The van der Waals surface area contributed by atoms with E-state index in [-0.39, 0.29) is 10.6 Å². The average molecular weight is 369 g/mol. The monoisotopic (exact) mass is 369 g/mol. The molecule has 3 rings (SSSR count). The molecule has 0 spiro atoms. The maximum absolute atomic E-state index is 12.3. The predicted octanol–water partition coefficient (Wildman–Crippen LogP) is 2.02. The summed E-state index contributed by atoms with van der Waals surface area (Å²) in [4.78, 5) is 36.6. The van der Waals surface area contributed by atoms with Crippen LogP contribution in [-0.4, -0.2) is 33.5 Å². The molecule has 26 heavy (non-hydrogen) atoms. The van der Waals surface area contributed by atoms with Gasteiger partial charge in [-0.05, 0) is 42.5 Å². The highest BCUT2D eigenvalue weighted by Crippen LogP contribution is 2.23. The van der Waals surface area contributed by atoms with Crippen LogP contribution in [0, 0.1) is 0 Å². The topological polar surface area (TPSA) is 91.6 Å². The highest BCUT2D eigenvalue weighted by Gasteiger charge is 2.17. The first-order valence-electron chi connectivity index (χ1n) is 7.61. The highest BCUT2D eigenvalue weighted by atomic mass is 32.1. The van der Waals surface area contributed by atoms with Crippen molar-refractivity contribution in [3.8, 4) is 10.8 Å². The van der Waals surface area contributed by atoms with Crippen LogP contribution < -0.4 is 11.0 Å². The number of thiophene rings is 1. The minimum Gasteiger partial charge on any atom is -0.499 e. The van der Waals surface area contributed by atoms with E-state index in [2.05, 4.69) is 5.43 Å². The Kier molecular flexibility index (Phi) is 4.85. The molecule has 0 aliphatic rings. The molecule has 0 bridgehead atoms. The molecule has 2 heterocycles. The summed E-state index contributed by atoms with van der Waals surface area (Å²) in [5.41, 5.74) is 3.27. The van der Waals surface area contributed by atoms with Gasteiger partial charge in [-0.2, -0.15) is 0 Å². The molecule has 0 aliphatic heterocycles. The van der Waals surface area contributed by atoms with Gasteiger partial charge in [0.15, 0.2) is 5.06 Å². The summed E-state index contributed by atoms with van der Waals surface area (Å²) in [5, 5.41) is 10.4. The van der Waals surface area contributed by atoms with E-state index in [1.807, 2.05) is 0 Å². The van der Waals surface area contributed by atoms with Crippen molar-refractivity contribution >= 4 is 23.2 Å². The van der Waals surface area contributed by atoms with Gasteiger partial charge in [-0.15, -0.1) is 0 Å².